The van der Waals surface area contributed by atoms with Crippen LogP contribution in [0.2, 0.25) is 0 Å². The number of fused-ring (bicyclic) bond motifs is 2. The van der Waals surface area contributed by atoms with Crippen LogP contribution in [-0.2, 0) is 0 Å². The summed E-state index contributed by atoms with van der Waals surface area (Å²) in [6.07, 6.45) is 3.39. The summed E-state index contributed by atoms with van der Waals surface area (Å²) in [5.41, 5.74) is 2.15. The quantitative estimate of drug-likeness (QED) is 0.674. The first-order chi connectivity index (χ1) is 8.24. The van der Waals surface area contributed by atoms with E-state index in [9.17, 15) is 0 Å². The zero-order valence-electron chi connectivity index (χ0n) is 9.14. The molecule has 2 heterocycles. The molecule has 0 radical (unpaired) electrons. The van der Waals surface area contributed by atoms with Crippen molar-refractivity contribution in [1.29, 1.82) is 0 Å². The molecule has 3 nitrogen and oxygen atoms in total. The first kappa shape index (κ1) is 10.9. The van der Waals surface area contributed by atoms with Gasteiger partial charge in [0.15, 0.2) is 5.82 Å². The summed E-state index contributed by atoms with van der Waals surface area (Å²) in [4.78, 5) is 9.70. The first-order valence-electron chi connectivity index (χ1n) is 5.28. The van der Waals surface area contributed by atoms with E-state index in [0.717, 1.165) is 27.0 Å². The number of nitrogens with one attached hydrogen (secondary N) is 1. The van der Waals surface area contributed by atoms with Gasteiger partial charge in [0.1, 0.15) is 5.03 Å². The Balaban J connectivity index is 2.03. The van der Waals surface area contributed by atoms with Gasteiger partial charge in [-0.2, -0.15) is 0 Å². The summed E-state index contributed by atoms with van der Waals surface area (Å²) in [5, 5.41) is 4.20. The van der Waals surface area contributed by atoms with Crippen molar-refractivity contribution in [2.45, 2.75) is 22.2 Å². The van der Waals surface area contributed by atoms with Crippen molar-refractivity contribution in [2.24, 2.45) is 0 Å². The van der Waals surface area contributed by atoms with E-state index in [1.54, 1.807) is 24.2 Å². The fourth-order valence-corrected chi connectivity index (χ4v) is 2.71. The second-order valence-corrected chi connectivity index (χ2v) is 5.49. The second-order valence-electron chi connectivity index (χ2n) is 3.81. The van der Waals surface area contributed by atoms with E-state index < -0.39 is 0 Å². The van der Waals surface area contributed by atoms with E-state index in [4.69, 9.17) is 11.6 Å². The standard InChI is InChI=1S/C12H10ClN3S/c1-7(13)8-2-3-10-9(6-8)16-11-12(17-10)15-5-4-14-11/h2-7H,1H3,(H,14,16). The number of aromatic nitrogens is 2. The van der Waals surface area contributed by atoms with Crippen molar-refractivity contribution in [3.05, 3.63) is 36.2 Å². The molecule has 1 N–H and O–H groups in total. The van der Waals surface area contributed by atoms with Crippen LogP contribution in [0.25, 0.3) is 0 Å². The van der Waals surface area contributed by atoms with Crippen molar-refractivity contribution in [2.75, 3.05) is 5.32 Å². The van der Waals surface area contributed by atoms with Gasteiger partial charge < -0.3 is 5.32 Å². The third kappa shape index (κ3) is 1.98. The molecular formula is C12H10ClN3S. The number of anilines is 2. The lowest BCUT2D eigenvalue weighted by molar-refractivity contribution is 1.04. The Morgan fingerprint density at radius 3 is 2.94 bits per heavy atom. The predicted octanol–water partition coefficient (Wildman–Crippen LogP) is 3.98. The summed E-state index contributed by atoms with van der Waals surface area (Å²) in [6.45, 7) is 1.97. The highest BCUT2D eigenvalue weighted by Gasteiger charge is 2.18. The molecule has 0 fully saturated rings. The van der Waals surface area contributed by atoms with Crippen LogP contribution in [0.4, 0.5) is 11.5 Å². The molecule has 0 amide bonds. The smallest absolute Gasteiger partial charge is 0.163 e. The molecule has 0 aliphatic carbocycles. The molecule has 1 aliphatic heterocycles. The third-order valence-electron chi connectivity index (χ3n) is 2.59. The van der Waals surface area contributed by atoms with Gasteiger partial charge in [0.2, 0.25) is 0 Å². The van der Waals surface area contributed by atoms with Crippen LogP contribution in [0.15, 0.2) is 40.5 Å². The van der Waals surface area contributed by atoms with Crippen LogP contribution in [-0.4, -0.2) is 9.97 Å². The van der Waals surface area contributed by atoms with Crippen molar-refractivity contribution in [1.82, 2.24) is 9.97 Å². The molecule has 86 valence electrons. The number of nitrogens with zero attached hydrogens (tertiary/aromatic N) is 2. The number of hydrogen-bond acceptors (Lipinski definition) is 4. The number of alkyl halides is 1. The van der Waals surface area contributed by atoms with Gasteiger partial charge >= 0.3 is 0 Å². The van der Waals surface area contributed by atoms with Gasteiger partial charge in [-0.1, -0.05) is 17.8 Å². The van der Waals surface area contributed by atoms with Crippen LogP contribution in [0.1, 0.15) is 17.9 Å². The molecule has 1 aromatic heterocycles. The highest BCUT2D eigenvalue weighted by molar-refractivity contribution is 7.99. The monoisotopic (exact) mass is 263 g/mol. The Hall–Kier alpha value is -1.26. The lowest BCUT2D eigenvalue weighted by Gasteiger charge is -2.19. The highest BCUT2D eigenvalue weighted by atomic mass is 35.5. The van der Waals surface area contributed by atoms with E-state index >= 15 is 0 Å². The minimum Gasteiger partial charge on any atom is -0.337 e. The Morgan fingerprint density at radius 1 is 1.29 bits per heavy atom. The van der Waals surface area contributed by atoms with Gasteiger partial charge in [-0.3, -0.25) is 0 Å². The minimum absolute atomic E-state index is 0.00959. The van der Waals surface area contributed by atoms with E-state index in [2.05, 4.69) is 27.4 Å². The first-order valence-corrected chi connectivity index (χ1v) is 6.53. The number of halogens is 1. The van der Waals surface area contributed by atoms with Crippen LogP contribution in [0.5, 0.6) is 0 Å². The molecular weight excluding hydrogens is 254 g/mol. The summed E-state index contributed by atoms with van der Waals surface area (Å²) in [6, 6.07) is 6.18. The number of rotatable bonds is 1. The van der Waals surface area contributed by atoms with E-state index in [1.165, 1.54) is 0 Å². The van der Waals surface area contributed by atoms with Gasteiger partial charge in [0.25, 0.3) is 0 Å². The topological polar surface area (TPSA) is 37.8 Å². The normalized spacial score (nSPS) is 14.5. The average Bonchev–Trinajstić information content (AvgIpc) is 2.35. The molecule has 3 rings (SSSR count). The Morgan fingerprint density at radius 2 is 2.12 bits per heavy atom. The molecule has 2 aromatic rings. The van der Waals surface area contributed by atoms with Gasteiger partial charge in [-0.25, -0.2) is 9.97 Å². The molecule has 0 saturated heterocycles. The van der Waals surface area contributed by atoms with Gasteiger partial charge in [-0.05, 0) is 24.6 Å². The second kappa shape index (κ2) is 4.20. The van der Waals surface area contributed by atoms with Crippen LogP contribution < -0.4 is 5.32 Å². The van der Waals surface area contributed by atoms with Crippen LogP contribution >= 0.6 is 23.4 Å². The summed E-state index contributed by atoms with van der Waals surface area (Å²) < 4.78 is 0. The van der Waals surface area contributed by atoms with Gasteiger partial charge in [-0.15, -0.1) is 11.6 Å². The molecule has 1 aliphatic rings. The molecule has 1 unspecified atom stereocenters. The lowest BCUT2D eigenvalue weighted by atomic mass is 10.1. The maximum atomic E-state index is 6.08. The molecule has 1 aromatic carbocycles. The summed E-state index contributed by atoms with van der Waals surface area (Å²) >= 11 is 7.71. The van der Waals surface area contributed by atoms with Gasteiger partial charge in [0.05, 0.1) is 11.1 Å². The van der Waals surface area contributed by atoms with Crippen molar-refractivity contribution in [3.8, 4) is 0 Å². The molecule has 17 heavy (non-hydrogen) atoms. The maximum absolute atomic E-state index is 6.08. The van der Waals surface area contributed by atoms with Crippen molar-refractivity contribution in [3.63, 3.8) is 0 Å². The highest BCUT2D eigenvalue weighted by Crippen LogP contribution is 2.42. The Bertz CT molecular complexity index is 571. The van der Waals surface area contributed by atoms with Crippen molar-refractivity contribution >= 4 is 34.9 Å². The number of benzene rings is 1. The fourth-order valence-electron chi connectivity index (χ4n) is 1.70. The van der Waals surface area contributed by atoms with E-state index in [-0.39, 0.29) is 5.38 Å². The Labute approximate surface area is 109 Å². The van der Waals surface area contributed by atoms with Crippen molar-refractivity contribution < 1.29 is 0 Å². The molecule has 0 saturated carbocycles. The maximum Gasteiger partial charge on any atom is 0.163 e. The minimum atomic E-state index is 0.00959. The number of hydrogen-bond donors (Lipinski definition) is 1. The summed E-state index contributed by atoms with van der Waals surface area (Å²) in [5.74, 6) is 0.810. The van der Waals surface area contributed by atoms with E-state index in [1.807, 2.05) is 13.0 Å². The zero-order valence-corrected chi connectivity index (χ0v) is 10.7. The fraction of sp³-hybridized carbons (Fsp3) is 0.167. The van der Waals surface area contributed by atoms with E-state index in [0.29, 0.717) is 0 Å². The predicted molar refractivity (Wildman–Crippen MR) is 70.1 cm³/mol. The SMILES string of the molecule is CC(Cl)c1ccc2c(c1)Nc1nccnc1S2. The van der Waals surface area contributed by atoms with Crippen LogP contribution in [0, 0.1) is 0 Å². The van der Waals surface area contributed by atoms with Crippen LogP contribution in [0.3, 0.4) is 0 Å². The molecule has 0 spiro atoms. The Kier molecular flexibility index (Phi) is 2.68. The lowest BCUT2D eigenvalue weighted by Crippen LogP contribution is -2.04. The average molecular weight is 264 g/mol. The zero-order chi connectivity index (χ0) is 11.8. The molecule has 5 heteroatoms. The largest absolute Gasteiger partial charge is 0.337 e. The third-order valence-corrected chi connectivity index (χ3v) is 3.91. The molecule has 1 atom stereocenters. The van der Waals surface area contributed by atoms with Gasteiger partial charge in [0, 0.05) is 17.3 Å². The molecule has 0 bridgehead atoms. The summed E-state index contributed by atoms with van der Waals surface area (Å²) in [7, 11) is 0.